The highest BCUT2D eigenvalue weighted by Gasteiger charge is 2.10. The van der Waals surface area contributed by atoms with Crippen LogP contribution in [0, 0.1) is 5.92 Å². The number of aliphatic hydroxyl groups is 1. The lowest BCUT2D eigenvalue weighted by atomic mass is 10.1. The SMILES string of the molecule is CC(C)CC(O)c1ccns1. The summed E-state index contributed by atoms with van der Waals surface area (Å²) in [5, 5.41) is 9.55. The van der Waals surface area contributed by atoms with Crippen molar-refractivity contribution in [2.75, 3.05) is 0 Å². The van der Waals surface area contributed by atoms with Crippen molar-refractivity contribution in [3.63, 3.8) is 0 Å². The van der Waals surface area contributed by atoms with Crippen molar-refractivity contribution in [2.45, 2.75) is 26.4 Å². The molecule has 0 aliphatic carbocycles. The Balaban J connectivity index is 2.49. The van der Waals surface area contributed by atoms with Gasteiger partial charge in [-0.1, -0.05) is 13.8 Å². The lowest BCUT2D eigenvalue weighted by molar-refractivity contribution is 0.154. The molecule has 1 rings (SSSR count). The van der Waals surface area contributed by atoms with Gasteiger partial charge in [0.1, 0.15) is 0 Å². The quantitative estimate of drug-likeness (QED) is 0.756. The normalized spacial score (nSPS) is 13.8. The molecule has 1 atom stereocenters. The standard InChI is InChI=1S/C8H13NOS/c1-6(2)5-7(10)8-3-4-9-11-8/h3-4,6-7,10H,5H2,1-2H3. The van der Waals surface area contributed by atoms with Gasteiger partial charge in [-0.2, -0.15) is 0 Å². The predicted molar refractivity (Wildman–Crippen MR) is 46.5 cm³/mol. The minimum atomic E-state index is -0.317. The molecular formula is C8H13NOS. The summed E-state index contributed by atoms with van der Waals surface area (Å²) in [6.07, 6.45) is 2.23. The highest BCUT2D eigenvalue weighted by Crippen LogP contribution is 2.22. The summed E-state index contributed by atoms with van der Waals surface area (Å²) < 4.78 is 3.93. The molecule has 1 aromatic heterocycles. The Morgan fingerprint density at radius 1 is 1.64 bits per heavy atom. The maximum atomic E-state index is 9.55. The summed E-state index contributed by atoms with van der Waals surface area (Å²) in [6, 6.07) is 1.87. The van der Waals surface area contributed by atoms with Crippen molar-refractivity contribution in [1.29, 1.82) is 0 Å². The van der Waals surface area contributed by atoms with E-state index in [0.29, 0.717) is 5.92 Å². The zero-order chi connectivity index (χ0) is 8.27. The summed E-state index contributed by atoms with van der Waals surface area (Å²) in [6.45, 7) is 4.20. The summed E-state index contributed by atoms with van der Waals surface area (Å²) in [4.78, 5) is 0.971. The van der Waals surface area contributed by atoms with Crippen molar-refractivity contribution in [2.24, 2.45) is 5.92 Å². The molecule has 0 aliphatic heterocycles. The van der Waals surface area contributed by atoms with Gasteiger partial charge in [0, 0.05) is 6.20 Å². The van der Waals surface area contributed by atoms with Crippen LogP contribution in [-0.4, -0.2) is 9.48 Å². The van der Waals surface area contributed by atoms with Gasteiger partial charge in [-0.25, -0.2) is 4.37 Å². The maximum absolute atomic E-state index is 9.55. The Bertz CT molecular complexity index is 196. The van der Waals surface area contributed by atoms with Crippen LogP contribution in [0.1, 0.15) is 31.2 Å². The average molecular weight is 171 g/mol. The Kier molecular flexibility index (Phi) is 3.02. The van der Waals surface area contributed by atoms with Crippen LogP contribution >= 0.6 is 11.5 Å². The minimum absolute atomic E-state index is 0.317. The highest BCUT2D eigenvalue weighted by molar-refractivity contribution is 7.05. The van der Waals surface area contributed by atoms with E-state index in [1.165, 1.54) is 11.5 Å². The zero-order valence-corrected chi connectivity index (χ0v) is 7.64. The van der Waals surface area contributed by atoms with Gasteiger partial charge in [0.15, 0.2) is 0 Å². The Hall–Kier alpha value is -0.410. The highest BCUT2D eigenvalue weighted by atomic mass is 32.1. The molecule has 2 nitrogen and oxygen atoms in total. The van der Waals surface area contributed by atoms with Crippen LogP contribution in [0.4, 0.5) is 0 Å². The van der Waals surface area contributed by atoms with Crippen molar-refractivity contribution in [3.05, 3.63) is 17.1 Å². The van der Waals surface area contributed by atoms with E-state index < -0.39 is 0 Å². The monoisotopic (exact) mass is 171 g/mol. The number of hydrogen-bond donors (Lipinski definition) is 1. The van der Waals surface area contributed by atoms with Crippen molar-refractivity contribution in [1.82, 2.24) is 4.37 Å². The van der Waals surface area contributed by atoms with Crippen LogP contribution in [0.5, 0.6) is 0 Å². The second-order valence-electron chi connectivity index (χ2n) is 3.06. The Labute approximate surface area is 71.1 Å². The number of aliphatic hydroxyl groups excluding tert-OH is 1. The second-order valence-corrected chi connectivity index (χ2v) is 3.92. The average Bonchev–Trinajstić information content (AvgIpc) is 2.35. The lowest BCUT2D eigenvalue weighted by Gasteiger charge is -2.09. The van der Waals surface area contributed by atoms with E-state index in [9.17, 15) is 5.11 Å². The molecule has 0 saturated carbocycles. The van der Waals surface area contributed by atoms with E-state index in [0.717, 1.165) is 11.3 Å². The largest absolute Gasteiger partial charge is 0.388 e. The van der Waals surface area contributed by atoms with Crippen LogP contribution < -0.4 is 0 Å². The van der Waals surface area contributed by atoms with Crippen molar-refractivity contribution >= 4 is 11.5 Å². The van der Waals surface area contributed by atoms with Gasteiger partial charge in [0.05, 0.1) is 11.0 Å². The van der Waals surface area contributed by atoms with Gasteiger partial charge < -0.3 is 5.11 Å². The molecule has 62 valence electrons. The van der Waals surface area contributed by atoms with E-state index in [-0.39, 0.29) is 6.10 Å². The fourth-order valence-corrected chi connectivity index (χ4v) is 1.54. The third-order valence-corrected chi connectivity index (χ3v) is 2.33. The predicted octanol–water partition coefficient (Wildman–Crippen LogP) is 2.22. The van der Waals surface area contributed by atoms with Gasteiger partial charge in [-0.3, -0.25) is 0 Å². The Morgan fingerprint density at radius 2 is 2.36 bits per heavy atom. The summed E-state index contributed by atoms with van der Waals surface area (Å²) in [7, 11) is 0. The van der Waals surface area contributed by atoms with E-state index in [1.54, 1.807) is 6.20 Å². The summed E-state index contributed by atoms with van der Waals surface area (Å²) in [5.41, 5.74) is 0. The molecule has 1 N–H and O–H groups in total. The molecular weight excluding hydrogens is 158 g/mol. The Morgan fingerprint density at radius 3 is 2.82 bits per heavy atom. The molecule has 3 heteroatoms. The van der Waals surface area contributed by atoms with E-state index in [4.69, 9.17) is 0 Å². The first-order valence-corrected chi connectivity index (χ1v) is 4.56. The van der Waals surface area contributed by atoms with Crippen LogP contribution in [0.25, 0.3) is 0 Å². The fraction of sp³-hybridized carbons (Fsp3) is 0.625. The number of rotatable bonds is 3. The molecule has 0 saturated heterocycles. The first-order valence-electron chi connectivity index (χ1n) is 3.78. The van der Waals surface area contributed by atoms with E-state index in [2.05, 4.69) is 18.2 Å². The number of aromatic nitrogens is 1. The molecule has 0 bridgehead atoms. The minimum Gasteiger partial charge on any atom is -0.388 e. The molecule has 1 heterocycles. The number of nitrogens with zero attached hydrogens (tertiary/aromatic N) is 1. The lowest BCUT2D eigenvalue weighted by Crippen LogP contribution is -1.99. The zero-order valence-electron chi connectivity index (χ0n) is 6.82. The van der Waals surface area contributed by atoms with E-state index >= 15 is 0 Å². The molecule has 1 unspecified atom stereocenters. The topological polar surface area (TPSA) is 33.1 Å². The second kappa shape index (κ2) is 3.83. The third-order valence-electron chi connectivity index (χ3n) is 1.48. The number of hydrogen-bond acceptors (Lipinski definition) is 3. The van der Waals surface area contributed by atoms with Gasteiger partial charge in [-0.15, -0.1) is 0 Å². The van der Waals surface area contributed by atoms with Crippen LogP contribution in [0.15, 0.2) is 12.3 Å². The van der Waals surface area contributed by atoms with Gasteiger partial charge in [-0.05, 0) is 29.9 Å². The van der Waals surface area contributed by atoms with Crippen LogP contribution in [0.2, 0.25) is 0 Å². The fourth-order valence-electron chi connectivity index (χ4n) is 0.960. The van der Waals surface area contributed by atoms with Crippen LogP contribution in [0.3, 0.4) is 0 Å². The molecule has 0 fully saturated rings. The molecule has 11 heavy (non-hydrogen) atoms. The van der Waals surface area contributed by atoms with E-state index in [1.807, 2.05) is 6.07 Å². The molecule has 1 aromatic rings. The van der Waals surface area contributed by atoms with Crippen molar-refractivity contribution < 1.29 is 5.11 Å². The van der Waals surface area contributed by atoms with Crippen molar-refractivity contribution in [3.8, 4) is 0 Å². The smallest absolute Gasteiger partial charge is 0.0900 e. The molecule has 0 radical (unpaired) electrons. The molecule has 0 spiro atoms. The summed E-state index contributed by atoms with van der Waals surface area (Å²) >= 11 is 1.37. The van der Waals surface area contributed by atoms with Crippen LogP contribution in [-0.2, 0) is 0 Å². The summed E-state index contributed by atoms with van der Waals surface area (Å²) in [5.74, 6) is 0.534. The molecule has 0 aliphatic rings. The third kappa shape index (κ3) is 2.60. The first-order chi connectivity index (χ1) is 5.20. The molecule has 0 aromatic carbocycles. The van der Waals surface area contributed by atoms with Gasteiger partial charge >= 0.3 is 0 Å². The maximum Gasteiger partial charge on any atom is 0.0900 e. The van der Waals surface area contributed by atoms with Gasteiger partial charge in [0.25, 0.3) is 0 Å². The molecule has 0 amide bonds. The first kappa shape index (κ1) is 8.68. The van der Waals surface area contributed by atoms with Gasteiger partial charge in [0.2, 0.25) is 0 Å².